The predicted molar refractivity (Wildman–Crippen MR) is 44.6 cm³/mol. The average molecular weight is 240 g/mol. The molecule has 0 saturated heterocycles. The van der Waals surface area contributed by atoms with Crippen LogP contribution in [0.5, 0.6) is 0 Å². The normalized spacial score (nSPS) is 35.1. The molecule has 84 valence electrons. The Hall–Kier alpha value is -0.850. The molecule has 0 N–H and O–H groups in total. The first-order chi connectivity index (χ1) is 6.71. The molecule has 0 heterocycles. The molecule has 3 nitrogen and oxygen atoms in total. The summed E-state index contributed by atoms with van der Waals surface area (Å²) >= 11 is 0. The number of hydrogen-bond acceptors (Lipinski definition) is 3. The van der Waals surface area contributed by atoms with Crippen molar-refractivity contribution in [2.75, 3.05) is 0 Å². The Morgan fingerprint density at radius 1 is 1.40 bits per heavy atom. The van der Waals surface area contributed by atoms with Gasteiger partial charge in [-0.2, -0.15) is 13.2 Å². The van der Waals surface area contributed by atoms with Crippen molar-refractivity contribution in [3.63, 3.8) is 0 Å². The van der Waals surface area contributed by atoms with Crippen LogP contribution in [0.25, 0.3) is 0 Å². The van der Waals surface area contributed by atoms with E-state index in [1.807, 2.05) is 0 Å². The Morgan fingerprint density at radius 3 is 2.33 bits per heavy atom. The summed E-state index contributed by atoms with van der Waals surface area (Å²) < 4.78 is 57.2. The molecule has 1 fully saturated rings. The first kappa shape index (κ1) is 10.7. The number of rotatable bonds is 1. The van der Waals surface area contributed by atoms with Gasteiger partial charge in [-0.15, -0.1) is 0 Å². The SMILES string of the molecule is O=C1CC2C=CC1(S(=O)(=O)C(F)(F)F)C2. The number of hydrogen-bond donors (Lipinski definition) is 0. The largest absolute Gasteiger partial charge is 0.498 e. The standard InChI is InChI=1S/C8H7F3O3S/c9-8(10,11)15(13,14)7-2-1-5(4-7)3-6(7)12/h1-2,5H,3-4H2. The highest BCUT2D eigenvalue weighted by Crippen LogP contribution is 2.49. The van der Waals surface area contributed by atoms with Crippen LogP contribution in [-0.2, 0) is 14.6 Å². The summed E-state index contributed by atoms with van der Waals surface area (Å²) in [5.74, 6) is -1.19. The van der Waals surface area contributed by atoms with Crippen molar-refractivity contribution in [3.05, 3.63) is 12.2 Å². The molecular formula is C8H7F3O3S. The topological polar surface area (TPSA) is 51.2 Å². The van der Waals surface area contributed by atoms with Gasteiger partial charge in [0.05, 0.1) is 0 Å². The Labute approximate surface area is 83.9 Å². The number of alkyl halides is 3. The first-order valence-electron chi connectivity index (χ1n) is 4.24. The van der Waals surface area contributed by atoms with Gasteiger partial charge < -0.3 is 0 Å². The number of Topliss-reactive ketones (excluding diaryl/α,β-unsaturated/α-hetero) is 1. The van der Waals surface area contributed by atoms with Crippen LogP contribution in [0.15, 0.2) is 12.2 Å². The van der Waals surface area contributed by atoms with Crippen LogP contribution < -0.4 is 0 Å². The fourth-order valence-corrected chi connectivity index (χ4v) is 3.62. The quantitative estimate of drug-likeness (QED) is 0.647. The number of sulfone groups is 1. The number of carbonyl (C=O) groups is 1. The second-order valence-electron chi connectivity index (χ2n) is 3.79. The van der Waals surface area contributed by atoms with Gasteiger partial charge in [0.15, 0.2) is 10.5 Å². The molecule has 2 atom stereocenters. The molecule has 0 aromatic carbocycles. The van der Waals surface area contributed by atoms with Crippen molar-refractivity contribution in [1.82, 2.24) is 0 Å². The summed E-state index contributed by atoms with van der Waals surface area (Å²) in [6.07, 6.45) is 1.91. The van der Waals surface area contributed by atoms with Crippen LogP contribution >= 0.6 is 0 Å². The minimum atomic E-state index is -5.43. The summed E-state index contributed by atoms with van der Waals surface area (Å²) in [7, 11) is -5.43. The molecule has 0 spiro atoms. The lowest BCUT2D eigenvalue weighted by Gasteiger charge is -2.23. The highest BCUT2D eigenvalue weighted by molar-refractivity contribution is 7.94. The maximum atomic E-state index is 12.3. The lowest BCUT2D eigenvalue weighted by atomic mass is 10.1. The van der Waals surface area contributed by atoms with E-state index in [-0.39, 0.29) is 18.8 Å². The van der Waals surface area contributed by atoms with Crippen molar-refractivity contribution in [1.29, 1.82) is 0 Å². The lowest BCUT2D eigenvalue weighted by Crippen LogP contribution is -2.47. The molecule has 2 unspecified atom stereocenters. The van der Waals surface area contributed by atoms with Crippen LogP contribution in [0.2, 0.25) is 0 Å². The molecule has 2 bridgehead atoms. The van der Waals surface area contributed by atoms with E-state index >= 15 is 0 Å². The van der Waals surface area contributed by atoms with Crippen LogP contribution in [0.4, 0.5) is 13.2 Å². The molecule has 2 aliphatic carbocycles. The van der Waals surface area contributed by atoms with Crippen LogP contribution in [-0.4, -0.2) is 24.5 Å². The lowest BCUT2D eigenvalue weighted by molar-refractivity contribution is -0.119. The van der Waals surface area contributed by atoms with Gasteiger partial charge in [0.1, 0.15) is 0 Å². The third kappa shape index (κ3) is 1.12. The fourth-order valence-electron chi connectivity index (χ4n) is 2.13. The highest BCUT2D eigenvalue weighted by atomic mass is 32.2. The van der Waals surface area contributed by atoms with Crippen LogP contribution in [0, 0.1) is 5.92 Å². The van der Waals surface area contributed by atoms with Gasteiger partial charge in [0.25, 0.3) is 9.84 Å². The second-order valence-corrected chi connectivity index (χ2v) is 5.99. The van der Waals surface area contributed by atoms with E-state index in [2.05, 4.69) is 0 Å². The molecule has 0 aromatic heterocycles. The molecular weight excluding hydrogens is 233 g/mol. The molecule has 0 aliphatic heterocycles. The van der Waals surface area contributed by atoms with E-state index in [1.165, 1.54) is 6.08 Å². The fraction of sp³-hybridized carbons (Fsp3) is 0.625. The second kappa shape index (κ2) is 2.63. The molecule has 0 amide bonds. The smallest absolute Gasteiger partial charge is 0.298 e. The number of fused-ring (bicyclic) bond motifs is 2. The third-order valence-electron chi connectivity index (χ3n) is 2.91. The Morgan fingerprint density at radius 2 is 2.00 bits per heavy atom. The molecule has 0 radical (unpaired) electrons. The van der Waals surface area contributed by atoms with Crippen molar-refractivity contribution < 1.29 is 26.4 Å². The Kier molecular flexibility index (Phi) is 1.87. The van der Waals surface area contributed by atoms with Gasteiger partial charge >= 0.3 is 5.51 Å². The number of carbonyl (C=O) groups excluding carboxylic acids is 1. The molecule has 0 aromatic rings. The zero-order chi connectivity index (χ0) is 11.5. The summed E-state index contributed by atoms with van der Waals surface area (Å²) in [6.45, 7) is 0. The van der Waals surface area contributed by atoms with E-state index < -0.39 is 25.9 Å². The minimum Gasteiger partial charge on any atom is -0.298 e. The van der Waals surface area contributed by atoms with Crippen molar-refractivity contribution in [3.8, 4) is 0 Å². The van der Waals surface area contributed by atoms with Gasteiger partial charge in [0, 0.05) is 6.42 Å². The molecule has 2 rings (SSSR count). The van der Waals surface area contributed by atoms with E-state index in [4.69, 9.17) is 0 Å². The maximum absolute atomic E-state index is 12.3. The molecule has 15 heavy (non-hydrogen) atoms. The summed E-state index contributed by atoms with van der Waals surface area (Å²) in [6, 6.07) is 0. The minimum absolute atomic E-state index is 0.105. The van der Waals surface area contributed by atoms with E-state index in [1.54, 1.807) is 0 Å². The highest BCUT2D eigenvalue weighted by Gasteiger charge is 2.66. The Bertz CT molecular complexity index is 448. The average Bonchev–Trinajstić information content (AvgIpc) is 2.59. The number of allylic oxidation sites excluding steroid dienone is 1. The zero-order valence-corrected chi connectivity index (χ0v) is 8.23. The monoisotopic (exact) mass is 240 g/mol. The van der Waals surface area contributed by atoms with Crippen molar-refractivity contribution in [2.24, 2.45) is 5.92 Å². The third-order valence-corrected chi connectivity index (χ3v) is 5.01. The predicted octanol–water partition coefficient (Wildman–Crippen LogP) is 1.21. The number of halogens is 3. The van der Waals surface area contributed by atoms with Gasteiger partial charge in [0.2, 0.25) is 0 Å². The van der Waals surface area contributed by atoms with Gasteiger partial charge in [-0.1, -0.05) is 12.2 Å². The molecule has 7 heteroatoms. The summed E-state index contributed by atoms with van der Waals surface area (Å²) in [5, 5.41) is 0. The van der Waals surface area contributed by atoms with E-state index in [9.17, 15) is 26.4 Å². The van der Waals surface area contributed by atoms with Crippen molar-refractivity contribution in [2.45, 2.75) is 23.1 Å². The van der Waals surface area contributed by atoms with Gasteiger partial charge in [-0.05, 0) is 12.3 Å². The summed E-state index contributed by atoms with van der Waals surface area (Å²) in [4.78, 5) is 11.3. The van der Waals surface area contributed by atoms with Crippen LogP contribution in [0.3, 0.4) is 0 Å². The zero-order valence-electron chi connectivity index (χ0n) is 7.41. The van der Waals surface area contributed by atoms with E-state index in [0.29, 0.717) is 0 Å². The van der Waals surface area contributed by atoms with Crippen LogP contribution in [0.1, 0.15) is 12.8 Å². The number of ketones is 1. The Balaban J connectivity index is 2.57. The van der Waals surface area contributed by atoms with Gasteiger partial charge in [-0.3, -0.25) is 4.79 Å². The molecule has 2 aliphatic rings. The maximum Gasteiger partial charge on any atom is 0.498 e. The van der Waals surface area contributed by atoms with Gasteiger partial charge in [-0.25, -0.2) is 8.42 Å². The van der Waals surface area contributed by atoms with E-state index in [0.717, 1.165) is 6.08 Å². The molecule has 1 saturated carbocycles. The summed E-state index contributed by atoms with van der Waals surface area (Å²) in [5.41, 5.74) is -5.37. The first-order valence-corrected chi connectivity index (χ1v) is 5.72. The van der Waals surface area contributed by atoms with Crippen molar-refractivity contribution >= 4 is 15.6 Å².